The van der Waals surface area contributed by atoms with Gasteiger partial charge in [-0.15, -0.1) is 6.42 Å². The van der Waals surface area contributed by atoms with Crippen molar-refractivity contribution in [2.24, 2.45) is 0 Å². The summed E-state index contributed by atoms with van der Waals surface area (Å²) in [5, 5.41) is 0. The average molecular weight is 283 g/mol. The number of hydrogen-bond acceptors (Lipinski definition) is 2. The van der Waals surface area contributed by atoms with Crippen LogP contribution in [0.3, 0.4) is 0 Å². The highest BCUT2D eigenvalue weighted by Gasteiger charge is 2.16. The molecule has 0 fully saturated rings. The molecule has 2 aromatic carbocycles. The van der Waals surface area contributed by atoms with Gasteiger partial charge in [0, 0.05) is 5.69 Å². The Morgan fingerprint density at radius 3 is 2.43 bits per heavy atom. The van der Waals surface area contributed by atoms with E-state index in [9.17, 15) is 9.18 Å². The molecule has 0 atom stereocenters. The maximum atomic E-state index is 12.9. The van der Waals surface area contributed by atoms with Crippen LogP contribution in [-0.4, -0.2) is 12.6 Å². The zero-order valence-electron chi connectivity index (χ0n) is 11.3. The SMILES string of the molecule is C#CCN(C(=O)OCc1ccccc1)c1ccc(F)cc1. The van der Waals surface area contributed by atoms with Crippen LogP contribution in [0.15, 0.2) is 54.6 Å². The molecule has 106 valence electrons. The van der Waals surface area contributed by atoms with E-state index in [4.69, 9.17) is 11.2 Å². The highest BCUT2D eigenvalue weighted by Crippen LogP contribution is 2.16. The third-order valence-corrected chi connectivity index (χ3v) is 2.81. The molecule has 0 N–H and O–H groups in total. The van der Waals surface area contributed by atoms with Crippen LogP contribution < -0.4 is 4.90 Å². The Morgan fingerprint density at radius 2 is 1.81 bits per heavy atom. The summed E-state index contributed by atoms with van der Waals surface area (Å²) in [7, 11) is 0. The maximum absolute atomic E-state index is 12.9. The molecule has 0 aliphatic heterocycles. The second-order valence-corrected chi connectivity index (χ2v) is 4.31. The Bertz CT molecular complexity index is 632. The van der Waals surface area contributed by atoms with E-state index in [1.807, 2.05) is 30.3 Å². The van der Waals surface area contributed by atoms with Crippen LogP contribution in [0.25, 0.3) is 0 Å². The number of halogens is 1. The number of carbonyl (C=O) groups excluding carboxylic acids is 1. The fourth-order valence-electron chi connectivity index (χ4n) is 1.77. The zero-order chi connectivity index (χ0) is 15.1. The zero-order valence-corrected chi connectivity index (χ0v) is 11.3. The number of nitrogens with zero attached hydrogens (tertiary/aromatic N) is 1. The quantitative estimate of drug-likeness (QED) is 0.802. The van der Waals surface area contributed by atoms with E-state index in [0.717, 1.165) is 5.56 Å². The molecule has 3 nitrogen and oxygen atoms in total. The van der Waals surface area contributed by atoms with Crippen molar-refractivity contribution in [1.29, 1.82) is 0 Å². The topological polar surface area (TPSA) is 29.5 Å². The van der Waals surface area contributed by atoms with Gasteiger partial charge >= 0.3 is 6.09 Å². The lowest BCUT2D eigenvalue weighted by molar-refractivity contribution is 0.148. The predicted octanol–water partition coefficient (Wildman–Crippen LogP) is 3.60. The van der Waals surface area contributed by atoms with Crippen LogP contribution in [0, 0.1) is 18.2 Å². The van der Waals surface area contributed by atoms with Crippen molar-refractivity contribution in [3.05, 3.63) is 66.0 Å². The first-order valence-electron chi connectivity index (χ1n) is 6.38. The molecule has 21 heavy (non-hydrogen) atoms. The van der Waals surface area contributed by atoms with Crippen LogP contribution >= 0.6 is 0 Å². The van der Waals surface area contributed by atoms with Gasteiger partial charge in [0.25, 0.3) is 0 Å². The van der Waals surface area contributed by atoms with Crippen molar-refractivity contribution in [2.75, 3.05) is 11.4 Å². The molecule has 0 bridgehead atoms. The van der Waals surface area contributed by atoms with Gasteiger partial charge in [-0.25, -0.2) is 9.18 Å². The molecule has 0 aliphatic rings. The molecule has 1 amide bonds. The van der Waals surface area contributed by atoms with Gasteiger partial charge in [0.2, 0.25) is 0 Å². The number of anilines is 1. The van der Waals surface area contributed by atoms with E-state index in [1.54, 1.807) is 0 Å². The van der Waals surface area contributed by atoms with Crippen molar-refractivity contribution >= 4 is 11.8 Å². The largest absolute Gasteiger partial charge is 0.444 e. The molecule has 2 aromatic rings. The van der Waals surface area contributed by atoms with Gasteiger partial charge in [-0.05, 0) is 29.8 Å². The van der Waals surface area contributed by atoms with Gasteiger partial charge in [-0.1, -0.05) is 36.3 Å². The Morgan fingerprint density at radius 1 is 1.14 bits per heavy atom. The third-order valence-electron chi connectivity index (χ3n) is 2.81. The molecule has 2 rings (SSSR count). The number of ether oxygens (including phenoxy) is 1. The third kappa shape index (κ3) is 4.08. The van der Waals surface area contributed by atoms with Gasteiger partial charge in [0.1, 0.15) is 12.4 Å². The molecular weight excluding hydrogens is 269 g/mol. The number of terminal acetylenes is 1. The first-order chi connectivity index (χ1) is 10.2. The summed E-state index contributed by atoms with van der Waals surface area (Å²) >= 11 is 0. The van der Waals surface area contributed by atoms with E-state index in [0.29, 0.717) is 5.69 Å². The molecule has 0 aliphatic carbocycles. The molecule has 0 aromatic heterocycles. The fourth-order valence-corrected chi connectivity index (χ4v) is 1.77. The monoisotopic (exact) mass is 283 g/mol. The summed E-state index contributed by atoms with van der Waals surface area (Å²) in [5.74, 6) is 2.01. The molecule has 0 heterocycles. The van der Waals surface area contributed by atoms with E-state index >= 15 is 0 Å². The minimum Gasteiger partial charge on any atom is -0.444 e. The van der Waals surface area contributed by atoms with Gasteiger partial charge in [-0.3, -0.25) is 4.90 Å². The van der Waals surface area contributed by atoms with E-state index in [1.165, 1.54) is 29.2 Å². The van der Waals surface area contributed by atoms with Crippen molar-refractivity contribution in [1.82, 2.24) is 0 Å². The van der Waals surface area contributed by atoms with Gasteiger partial charge in [-0.2, -0.15) is 0 Å². The van der Waals surface area contributed by atoms with Crippen LogP contribution in [0.2, 0.25) is 0 Å². The van der Waals surface area contributed by atoms with Crippen LogP contribution in [0.1, 0.15) is 5.56 Å². The van der Waals surface area contributed by atoms with Crippen LogP contribution in [0.5, 0.6) is 0 Å². The van der Waals surface area contributed by atoms with Crippen molar-refractivity contribution in [2.45, 2.75) is 6.61 Å². The molecule has 0 radical (unpaired) electrons. The summed E-state index contributed by atoms with van der Waals surface area (Å²) in [6.07, 6.45) is 4.70. The van der Waals surface area contributed by atoms with Crippen LogP contribution in [-0.2, 0) is 11.3 Å². The minimum atomic E-state index is -0.566. The van der Waals surface area contributed by atoms with Crippen molar-refractivity contribution < 1.29 is 13.9 Å². The highest BCUT2D eigenvalue weighted by atomic mass is 19.1. The lowest BCUT2D eigenvalue weighted by Gasteiger charge is -2.19. The van der Waals surface area contributed by atoms with E-state index in [2.05, 4.69) is 5.92 Å². The summed E-state index contributed by atoms with van der Waals surface area (Å²) in [5.41, 5.74) is 1.37. The summed E-state index contributed by atoms with van der Waals surface area (Å²) in [6.45, 7) is 0.210. The number of hydrogen-bond donors (Lipinski definition) is 0. The number of benzene rings is 2. The smallest absolute Gasteiger partial charge is 0.415 e. The Hall–Kier alpha value is -2.80. The average Bonchev–Trinajstić information content (AvgIpc) is 2.52. The minimum absolute atomic E-state index is 0.0548. The number of rotatable bonds is 4. The lowest BCUT2D eigenvalue weighted by Crippen LogP contribution is -2.31. The standard InChI is InChI=1S/C17H14FNO2/c1-2-12-19(16-10-8-15(18)9-11-16)17(20)21-13-14-6-4-3-5-7-14/h1,3-11H,12-13H2. The van der Waals surface area contributed by atoms with Crippen LogP contribution in [0.4, 0.5) is 14.9 Å². The number of carbonyl (C=O) groups is 1. The number of amides is 1. The van der Waals surface area contributed by atoms with Crippen molar-refractivity contribution in [3.63, 3.8) is 0 Å². The second kappa shape index (κ2) is 7.11. The highest BCUT2D eigenvalue weighted by molar-refractivity contribution is 5.88. The van der Waals surface area contributed by atoms with Gasteiger partial charge in [0.05, 0.1) is 6.54 Å². The molecule has 0 saturated heterocycles. The van der Waals surface area contributed by atoms with E-state index in [-0.39, 0.29) is 19.0 Å². The molecule has 4 heteroatoms. The maximum Gasteiger partial charge on any atom is 0.415 e. The van der Waals surface area contributed by atoms with Gasteiger partial charge in [0.15, 0.2) is 0 Å². The first-order valence-corrected chi connectivity index (χ1v) is 6.38. The summed E-state index contributed by atoms with van der Waals surface area (Å²) < 4.78 is 18.2. The molecule has 0 saturated carbocycles. The second-order valence-electron chi connectivity index (χ2n) is 4.31. The predicted molar refractivity (Wildman–Crippen MR) is 79.2 cm³/mol. The lowest BCUT2D eigenvalue weighted by atomic mass is 10.2. The fraction of sp³-hybridized carbons (Fsp3) is 0.118. The van der Waals surface area contributed by atoms with E-state index < -0.39 is 6.09 Å². The molecule has 0 unspecified atom stereocenters. The Labute approximate surface area is 123 Å². The summed E-state index contributed by atoms with van der Waals surface area (Å²) in [4.78, 5) is 13.4. The van der Waals surface area contributed by atoms with Gasteiger partial charge < -0.3 is 4.74 Å². The summed E-state index contributed by atoms with van der Waals surface area (Å²) in [6, 6.07) is 14.8. The van der Waals surface area contributed by atoms with Crippen molar-refractivity contribution in [3.8, 4) is 12.3 Å². The normalized spacial score (nSPS) is 9.71. The molecule has 0 spiro atoms. The molecular formula is C17H14FNO2. The Kier molecular flexibility index (Phi) is 4.94. The first kappa shape index (κ1) is 14.6. The Balaban J connectivity index is 2.06.